The Balaban J connectivity index is 0.936. The number of hydrogen-bond acceptors (Lipinski definition) is 11. The Labute approximate surface area is 392 Å². The number of nitrogens with one attached hydrogen (secondary N) is 3. The third-order valence-electron chi connectivity index (χ3n) is 12.8. The zero-order valence-electron chi connectivity index (χ0n) is 38.3. The van der Waals surface area contributed by atoms with Crippen molar-refractivity contribution in [2.45, 2.75) is 104 Å². The average molecular weight is 934 g/mol. The van der Waals surface area contributed by atoms with Crippen molar-refractivity contribution in [1.29, 1.82) is 5.26 Å². The number of hydrogen-bond donors (Lipinski definition) is 4. The van der Waals surface area contributed by atoms with Gasteiger partial charge in [0.2, 0.25) is 17.7 Å². The molecular weight excluding hydrogens is 871 g/mol. The highest BCUT2D eigenvalue weighted by molar-refractivity contribution is 6.31. The Morgan fingerprint density at radius 3 is 2.28 bits per heavy atom. The molecule has 0 bridgehead atoms. The van der Waals surface area contributed by atoms with Gasteiger partial charge < -0.3 is 40.3 Å². The van der Waals surface area contributed by atoms with Crippen LogP contribution in [0.1, 0.15) is 82.8 Å². The van der Waals surface area contributed by atoms with Gasteiger partial charge in [-0.3, -0.25) is 24.1 Å². The lowest BCUT2D eigenvalue weighted by atomic mass is 9.49. The lowest BCUT2D eigenvalue weighted by Gasteiger charge is -2.63. The number of amides is 4. The number of carbonyl (C=O) groups excluding carboxylic acids is 4. The maximum absolute atomic E-state index is 13.6. The van der Waals surface area contributed by atoms with E-state index in [0.29, 0.717) is 46.5 Å². The minimum absolute atomic E-state index is 0.00821. The van der Waals surface area contributed by atoms with Crippen LogP contribution in [-0.2, 0) is 25.7 Å². The summed E-state index contributed by atoms with van der Waals surface area (Å²) in [5.41, 5.74) is 0.891. The Bertz CT molecular complexity index is 2190. The fourth-order valence-electron chi connectivity index (χ4n) is 9.55. The Hall–Kier alpha value is -4.98. The highest BCUT2D eigenvalue weighted by atomic mass is 35.5. The van der Waals surface area contributed by atoms with E-state index in [0.717, 1.165) is 37.6 Å². The van der Waals surface area contributed by atoms with Crippen molar-refractivity contribution in [2.75, 3.05) is 50.8 Å². The molecule has 350 valence electrons. The fourth-order valence-corrected chi connectivity index (χ4v) is 9.89. The number of nitriles is 1. The lowest BCUT2D eigenvalue weighted by molar-refractivity contribution is -0.164. The second kappa shape index (κ2) is 21.1. The molecule has 3 fully saturated rings. The summed E-state index contributed by atoms with van der Waals surface area (Å²) in [6, 6.07) is 15.8. The van der Waals surface area contributed by atoms with Gasteiger partial charge in [0, 0.05) is 86.4 Å². The number of pyridine rings is 1. The first-order valence-electron chi connectivity index (χ1n) is 22.3. The summed E-state index contributed by atoms with van der Waals surface area (Å²) in [5.74, 6) is 0.0533. The van der Waals surface area contributed by atoms with E-state index in [1.807, 2.05) is 19.9 Å². The molecule has 15 nitrogen and oxygen atoms in total. The van der Waals surface area contributed by atoms with Crippen molar-refractivity contribution in [3.63, 3.8) is 0 Å². The molecule has 3 aliphatic rings. The molecule has 1 saturated carbocycles. The molecule has 4 N–H and O–H groups in total. The van der Waals surface area contributed by atoms with Crippen molar-refractivity contribution >= 4 is 52.6 Å². The van der Waals surface area contributed by atoms with E-state index in [9.17, 15) is 29.5 Å². The van der Waals surface area contributed by atoms with E-state index in [1.165, 1.54) is 4.90 Å². The number of nitrogens with zero attached hydrogens (tertiary/aromatic N) is 5. The Morgan fingerprint density at radius 1 is 0.969 bits per heavy atom. The highest BCUT2D eigenvalue weighted by Gasteiger charge is 2.64. The number of ether oxygens (including phenoxy) is 2. The summed E-state index contributed by atoms with van der Waals surface area (Å²) in [6.45, 7) is 17.9. The third kappa shape index (κ3) is 11.9. The lowest BCUT2D eigenvalue weighted by Crippen LogP contribution is -2.74. The van der Waals surface area contributed by atoms with Gasteiger partial charge in [-0.25, -0.2) is 4.98 Å². The number of halogens is 2. The molecule has 2 unspecified atom stereocenters. The average Bonchev–Trinajstić information content (AvgIpc) is 3.67. The smallest absolute Gasteiger partial charge is 0.253 e. The highest BCUT2D eigenvalue weighted by Crippen LogP contribution is 2.55. The predicted octanol–water partition coefficient (Wildman–Crippen LogP) is 5.21. The topological polar surface area (TPSA) is 189 Å². The first-order valence-corrected chi connectivity index (χ1v) is 23.1. The number of piperazine rings is 1. The summed E-state index contributed by atoms with van der Waals surface area (Å²) in [6.07, 6.45) is 0.312. The van der Waals surface area contributed by atoms with Crippen molar-refractivity contribution in [2.24, 2.45) is 16.7 Å². The largest absolute Gasteiger partial charge is 0.489 e. The summed E-state index contributed by atoms with van der Waals surface area (Å²) in [5, 5.41) is 29.4. The standard InChI is InChI=1S/C48H62Cl2N8O7/c1-29(2)22-39(43(62)54-30(3)44(63)58-28-35(59)23-38(58)42(61)53-26-31-8-12-34(49)13-9-31)64-21-20-56-16-18-57(19-17-56)40-15-11-33(27-52-40)41(60)55-45-47(4,5)46(48(45,6)7)65-36-14-10-32(25-51)37(50)24-36/h8-15,24,27,29-30,35,38-39,45-46,59H,16-23,26,28H2,1-7H3,(H,53,61)(H,54,62)(H,55,60)/t30?,35-,38+,39?,45?,46?/m1/s1. The number of β-amino-alcohol motifs (C(OH)–C–C–N with tert-alkyl or cyclic N) is 1. The second-order valence-corrected chi connectivity index (χ2v) is 19.8. The molecule has 0 radical (unpaired) electrons. The third-order valence-corrected chi connectivity index (χ3v) is 13.4. The number of carbonyl (C=O) groups is 4. The van der Waals surface area contributed by atoms with Gasteiger partial charge in [0.15, 0.2) is 0 Å². The fraction of sp³-hybridized carbons (Fsp3) is 0.542. The van der Waals surface area contributed by atoms with Gasteiger partial charge in [0.25, 0.3) is 5.91 Å². The van der Waals surface area contributed by atoms with Gasteiger partial charge >= 0.3 is 0 Å². The first-order chi connectivity index (χ1) is 30.8. The van der Waals surface area contributed by atoms with Crippen molar-refractivity contribution in [3.8, 4) is 11.8 Å². The number of likely N-dealkylation sites (tertiary alicyclic amines) is 1. The number of aliphatic hydroxyl groups excluding tert-OH is 1. The summed E-state index contributed by atoms with van der Waals surface area (Å²) >= 11 is 12.2. The van der Waals surface area contributed by atoms with E-state index in [2.05, 4.69) is 64.5 Å². The van der Waals surface area contributed by atoms with Crippen LogP contribution < -0.4 is 25.6 Å². The van der Waals surface area contributed by atoms with Crippen LogP contribution >= 0.6 is 23.2 Å². The van der Waals surface area contributed by atoms with Crippen LogP contribution in [-0.4, -0.2) is 126 Å². The number of anilines is 1. The molecule has 4 atom stereocenters. The summed E-state index contributed by atoms with van der Waals surface area (Å²) in [4.78, 5) is 64.2. The molecule has 1 aromatic heterocycles. The molecular formula is C48H62Cl2N8O7. The quantitative estimate of drug-likeness (QED) is 0.139. The number of benzene rings is 2. The molecule has 3 aromatic rings. The van der Waals surface area contributed by atoms with E-state index in [1.54, 1.807) is 61.7 Å². The maximum atomic E-state index is 13.6. The predicted molar refractivity (Wildman–Crippen MR) is 249 cm³/mol. The normalized spacial score (nSPS) is 22.3. The number of aliphatic hydroxyl groups is 1. The van der Waals surface area contributed by atoms with Crippen LogP contribution in [0.25, 0.3) is 0 Å². The minimum Gasteiger partial charge on any atom is -0.489 e. The van der Waals surface area contributed by atoms with Gasteiger partial charge in [-0.15, -0.1) is 0 Å². The molecule has 65 heavy (non-hydrogen) atoms. The van der Waals surface area contributed by atoms with Crippen LogP contribution in [0.3, 0.4) is 0 Å². The molecule has 2 aliphatic heterocycles. The van der Waals surface area contributed by atoms with Crippen LogP contribution in [0.2, 0.25) is 10.0 Å². The van der Waals surface area contributed by atoms with Crippen LogP contribution in [0.4, 0.5) is 5.82 Å². The Morgan fingerprint density at radius 2 is 1.66 bits per heavy atom. The minimum atomic E-state index is -0.944. The molecule has 4 amide bonds. The monoisotopic (exact) mass is 932 g/mol. The zero-order valence-corrected chi connectivity index (χ0v) is 39.8. The summed E-state index contributed by atoms with van der Waals surface area (Å²) < 4.78 is 12.5. The maximum Gasteiger partial charge on any atom is 0.253 e. The Kier molecular flexibility index (Phi) is 16.1. The van der Waals surface area contributed by atoms with Crippen molar-refractivity contribution in [1.82, 2.24) is 30.7 Å². The van der Waals surface area contributed by atoms with E-state index in [-0.39, 0.29) is 49.4 Å². The number of aromatic nitrogens is 1. The molecule has 2 aromatic carbocycles. The van der Waals surface area contributed by atoms with E-state index >= 15 is 0 Å². The first kappa shape index (κ1) is 49.5. The van der Waals surface area contributed by atoms with E-state index in [4.69, 9.17) is 32.7 Å². The van der Waals surface area contributed by atoms with Gasteiger partial charge in [-0.2, -0.15) is 5.26 Å². The SMILES string of the molecule is CC(C)CC(OCCN1CCN(c2ccc(C(=O)NC3C(C)(C)C(Oc4ccc(C#N)c(Cl)c4)C3(C)C)cn2)CC1)C(=O)NC(C)C(=O)N1C[C@H](O)C[C@H]1C(=O)NCc1ccc(Cl)cc1. The van der Waals surface area contributed by atoms with Crippen LogP contribution in [0.5, 0.6) is 5.75 Å². The van der Waals surface area contributed by atoms with Crippen LogP contribution in [0.15, 0.2) is 60.8 Å². The number of rotatable bonds is 17. The van der Waals surface area contributed by atoms with Gasteiger partial charge in [-0.05, 0) is 61.2 Å². The van der Waals surface area contributed by atoms with Crippen molar-refractivity contribution < 1.29 is 33.8 Å². The molecule has 3 heterocycles. The zero-order chi connectivity index (χ0) is 47.2. The van der Waals surface area contributed by atoms with Gasteiger partial charge in [-0.1, -0.05) is 76.9 Å². The molecule has 1 aliphatic carbocycles. The van der Waals surface area contributed by atoms with Gasteiger partial charge in [0.05, 0.1) is 28.9 Å². The van der Waals surface area contributed by atoms with Crippen LogP contribution in [0, 0.1) is 28.1 Å². The van der Waals surface area contributed by atoms with E-state index < -0.39 is 46.9 Å². The van der Waals surface area contributed by atoms with Crippen molar-refractivity contribution in [3.05, 3.63) is 87.5 Å². The molecule has 6 rings (SSSR count). The summed E-state index contributed by atoms with van der Waals surface area (Å²) in [7, 11) is 0. The molecule has 17 heteroatoms. The molecule has 0 spiro atoms. The molecule has 2 saturated heterocycles. The van der Waals surface area contributed by atoms with Gasteiger partial charge in [0.1, 0.15) is 41.9 Å². The second-order valence-electron chi connectivity index (χ2n) is 19.0.